The van der Waals surface area contributed by atoms with E-state index >= 15 is 19.2 Å². The lowest BCUT2D eigenvalue weighted by atomic mass is 9.96. The van der Waals surface area contributed by atoms with E-state index in [-0.39, 0.29) is 56.3 Å². The van der Waals surface area contributed by atoms with Gasteiger partial charge in [-0.15, -0.1) is 0 Å². The summed E-state index contributed by atoms with van der Waals surface area (Å²) in [5, 5.41) is 33.6. The maximum atomic E-state index is 15.5. The van der Waals surface area contributed by atoms with Crippen molar-refractivity contribution >= 4 is 65.0 Å². The Kier molecular flexibility index (Phi) is 33.6. The van der Waals surface area contributed by atoms with E-state index in [9.17, 15) is 56.9 Å². The third kappa shape index (κ3) is 24.8. The van der Waals surface area contributed by atoms with Gasteiger partial charge in [-0.05, 0) is 113 Å². The van der Waals surface area contributed by atoms with Crippen LogP contribution in [0.25, 0.3) is 0 Å². The number of nitrogens with one attached hydrogen (secondary N) is 4. The van der Waals surface area contributed by atoms with Crippen LogP contribution in [0.15, 0.2) is 60.7 Å². The Bertz CT molecular complexity index is 3080. The van der Waals surface area contributed by atoms with E-state index in [2.05, 4.69) is 21.3 Å². The average Bonchev–Trinajstić information content (AvgIpc) is 0.814. The molecular weight excluding hydrogens is 1310 g/mol. The number of carbonyl (C=O) groups is 11. The van der Waals surface area contributed by atoms with Crippen molar-refractivity contribution in [2.24, 2.45) is 23.7 Å². The summed E-state index contributed by atoms with van der Waals surface area (Å²) in [5.41, 5.74) is 1.25. The quantitative estimate of drug-likeness (QED) is 0.128. The molecule has 0 aromatic heterocycles. The van der Waals surface area contributed by atoms with Crippen molar-refractivity contribution in [1.29, 1.82) is 0 Å². The molecule has 2 unspecified atom stereocenters. The number of halogens is 3. The van der Waals surface area contributed by atoms with E-state index in [4.69, 9.17) is 0 Å². The molecular formula is C73H115F3N12O13. The van der Waals surface area contributed by atoms with Crippen molar-refractivity contribution in [3.63, 3.8) is 0 Å². The lowest BCUT2D eigenvalue weighted by Gasteiger charge is -2.40. The third-order valence-electron chi connectivity index (χ3n) is 19.3. The van der Waals surface area contributed by atoms with E-state index in [0.29, 0.717) is 37.1 Å². The number of aliphatic hydroxyl groups excluding tert-OH is 2. The fourth-order valence-electron chi connectivity index (χ4n) is 13.1. The van der Waals surface area contributed by atoms with E-state index in [0.717, 1.165) is 26.0 Å². The molecule has 0 spiro atoms. The number of likely N-dealkylation sites (tertiary alicyclic amines) is 1. The zero-order chi connectivity index (χ0) is 76.1. The predicted octanol–water partition coefficient (Wildman–Crippen LogP) is 4.36. The number of piperidine rings is 1. The molecule has 28 heteroatoms. The zero-order valence-electron chi connectivity index (χ0n) is 62.4. The predicted molar refractivity (Wildman–Crippen MR) is 376 cm³/mol. The second-order valence-corrected chi connectivity index (χ2v) is 29.1. The van der Waals surface area contributed by atoms with Crippen molar-refractivity contribution in [1.82, 2.24) is 60.5 Å². The molecule has 4 rings (SSSR count). The van der Waals surface area contributed by atoms with E-state index in [1.807, 2.05) is 27.7 Å². The summed E-state index contributed by atoms with van der Waals surface area (Å²) >= 11 is 0. The number of nitrogens with zero attached hydrogens (tertiary/aromatic N) is 8. The zero-order valence-corrected chi connectivity index (χ0v) is 62.4. The van der Waals surface area contributed by atoms with Crippen LogP contribution in [-0.2, 0) is 65.6 Å². The molecule has 12 atom stereocenters. The molecule has 11 amide bonds. The minimum absolute atomic E-state index is 0.00687. The van der Waals surface area contributed by atoms with Gasteiger partial charge in [0.25, 0.3) is 0 Å². The van der Waals surface area contributed by atoms with Gasteiger partial charge in [-0.25, -0.2) is 0 Å². The van der Waals surface area contributed by atoms with E-state index < -0.39 is 182 Å². The summed E-state index contributed by atoms with van der Waals surface area (Å²) in [7, 11) is 9.55. The van der Waals surface area contributed by atoms with Gasteiger partial charge in [-0.2, -0.15) is 13.2 Å². The topological polar surface area (TPSA) is 302 Å². The van der Waals surface area contributed by atoms with Gasteiger partial charge in [0.2, 0.25) is 65.0 Å². The highest BCUT2D eigenvalue weighted by atomic mass is 19.4. The molecule has 0 radical (unpaired) electrons. The fourth-order valence-corrected chi connectivity index (χ4v) is 13.1. The van der Waals surface area contributed by atoms with Crippen molar-refractivity contribution < 1.29 is 76.1 Å². The highest BCUT2D eigenvalue weighted by Crippen LogP contribution is 2.27. The van der Waals surface area contributed by atoms with Gasteiger partial charge < -0.3 is 65.8 Å². The Hall–Kier alpha value is -7.72. The van der Waals surface area contributed by atoms with Crippen LogP contribution in [0.2, 0.25) is 0 Å². The number of alkyl halides is 3. The maximum Gasteiger partial charge on any atom is 0.414 e. The average molecular weight is 1430 g/mol. The van der Waals surface area contributed by atoms with Crippen molar-refractivity contribution in [2.45, 2.75) is 232 Å². The number of hydrogen-bond donors (Lipinski definition) is 6. The molecule has 101 heavy (non-hydrogen) atoms. The second kappa shape index (κ2) is 39.6. The van der Waals surface area contributed by atoms with Gasteiger partial charge in [0.05, 0.1) is 25.0 Å². The Morgan fingerprint density at radius 1 is 0.554 bits per heavy atom. The normalized spacial score (nSPS) is 26.0. The second-order valence-electron chi connectivity index (χ2n) is 29.1. The lowest BCUT2D eigenvalue weighted by Crippen LogP contribution is -2.62. The monoisotopic (exact) mass is 1420 g/mol. The number of benzene rings is 2. The van der Waals surface area contributed by atoms with Gasteiger partial charge >= 0.3 is 6.18 Å². The molecule has 2 aromatic carbocycles. The van der Waals surface area contributed by atoms with Gasteiger partial charge in [-0.1, -0.05) is 123 Å². The molecule has 2 fully saturated rings. The SMILES string of the molecule is CC[C@H]1C(=O)N(C)[C@@H](Cc2ccccc2)C(=O)N[C@@H](CC(C)C)C(=O)N(C)[C@@H](Cc2ccccc2)C(=O)N(C)[C@@H](C(C)C)C(=O)N[C@@H](CCCC(O)C(F)(F)F)C(=O)N(C)CC(=O)N(C)[C@@H](CC(C)C)C(=O)N[C@H](C(=O)N2CCCCC2)CC(=O)N(C)[C@@H](C)C(=O)N[C@@H](CC(C)C)C(O)N1C. The molecule has 2 aliphatic rings. The number of likely N-dealkylation sites (N-methyl/N-ethyl adjacent to an activating group) is 7. The first-order valence-corrected chi connectivity index (χ1v) is 35.5. The minimum Gasteiger partial charge on any atom is -0.384 e. The maximum absolute atomic E-state index is 15.5. The molecule has 6 N–H and O–H groups in total. The highest BCUT2D eigenvalue weighted by molar-refractivity contribution is 5.99. The molecule has 2 heterocycles. The lowest BCUT2D eigenvalue weighted by molar-refractivity contribution is -0.205. The highest BCUT2D eigenvalue weighted by Gasteiger charge is 2.44. The van der Waals surface area contributed by atoms with Crippen molar-refractivity contribution in [2.75, 3.05) is 69.0 Å². The van der Waals surface area contributed by atoms with Gasteiger partial charge in [0.1, 0.15) is 60.7 Å². The summed E-state index contributed by atoms with van der Waals surface area (Å²) < 4.78 is 41.2. The van der Waals surface area contributed by atoms with Gasteiger partial charge in [0.15, 0.2) is 0 Å². The first-order chi connectivity index (χ1) is 47.2. The van der Waals surface area contributed by atoms with Crippen molar-refractivity contribution in [3.05, 3.63) is 71.8 Å². The molecule has 566 valence electrons. The Morgan fingerprint density at radius 3 is 1.57 bits per heavy atom. The van der Waals surface area contributed by atoms with Crippen molar-refractivity contribution in [3.8, 4) is 0 Å². The van der Waals surface area contributed by atoms with Crippen LogP contribution in [-0.4, -0.2) is 262 Å². The number of aliphatic hydroxyl groups is 2. The smallest absolute Gasteiger partial charge is 0.384 e. The van der Waals surface area contributed by atoms with Crippen LogP contribution in [0.3, 0.4) is 0 Å². The molecule has 2 aliphatic heterocycles. The number of hydrogen-bond acceptors (Lipinski definition) is 14. The van der Waals surface area contributed by atoms with Crippen LogP contribution >= 0.6 is 0 Å². The van der Waals surface area contributed by atoms with Crippen LogP contribution in [0.1, 0.15) is 151 Å². The summed E-state index contributed by atoms with van der Waals surface area (Å²) in [6.07, 6.45) is -9.54. The first-order valence-electron chi connectivity index (χ1n) is 35.5. The first kappa shape index (κ1) is 85.7. The minimum atomic E-state index is -5.03. The number of rotatable bonds is 17. The summed E-state index contributed by atoms with van der Waals surface area (Å²) in [4.78, 5) is 174. The van der Waals surface area contributed by atoms with Crippen LogP contribution in [0.4, 0.5) is 13.2 Å². The van der Waals surface area contributed by atoms with Crippen LogP contribution in [0, 0.1) is 23.7 Å². The fraction of sp³-hybridized carbons (Fsp3) is 0.685. The van der Waals surface area contributed by atoms with E-state index in [1.165, 1.54) is 75.9 Å². The number of amides is 11. The van der Waals surface area contributed by atoms with E-state index in [1.54, 1.807) is 95.3 Å². The molecule has 2 aromatic rings. The Morgan fingerprint density at radius 2 is 1.06 bits per heavy atom. The molecule has 0 saturated carbocycles. The summed E-state index contributed by atoms with van der Waals surface area (Å²) in [6, 6.07) is 4.18. The number of carbonyl (C=O) groups excluding carboxylic acids is 11. The standard InChI is InChI=1S/C73H115F3N12O13/c1-18-55-71(100)85(15)57(40-49-29-22-19-23-30-49)65(94)79-53(38-45(4)5)69(98)86(16)58(41-50-31-24-20-25-32-50)72(101)87(17)62(47(8)9)66(95)77-51(33-28-34-59(89)73(74,75)76)67(96)81(11)43-61(91)83(13)56(39-46(6)7)64(93)80-54(70(99)88-35-26-21-27-36-88)42-60(90)82(12)48(10)63(92)78-52(37-44(2)3)68(97)84(55)14/h19-20,22-25,29-32,44-48,51-59,62,68,89,97H,18,21,26-28,33-43H2,1-17H3,(H,77,95)(H,78,92)(H,79,94)(H,80,93)/t48-,51-,52-,53-,54-,55-,56-,57-,58-,59?,62-,68?/m0/s1. The van der Waals surface area contributed by atoms with Crippen LogP contribution < -0.4 is 21.3 Å². The summed E-state index contributed by atoms with van der Waals surface area (Å²) in [6.45, 7) is 17.3. The molecule has 2 saturated heterocycles. The molecule has 0 aliphatic carbocycles. The van der Waals surface area contributed by atoms with Crippen LogP contribution in [0.5, 0.6) is 0 Å². The summed E-state index contributed by atoms with van der Waals surface area (Å²) in [5.74, 6) is -9.79. The Balaban J connectivity index is 1.97. The van der Waals surface area contributed by atoms with Gasteiger partial charge in [0, 0.05) is 68.2 Å². The Labute approximate surface area is 595 Å². The largest absolute Gasteiger partial charge is 0.414 e. The molecule has 25 nitrogen and oxygen atoms in total. The van der Waals surface area contributed by atoms with Gasteiger partial charge in [-0.3, -0.25) is 57.6 Å². The molecule has 0 bridgehead atoms. The third-order valence-corrected chi connectivity index (χ3v) is 19.3.